The zero-order valence-electron chi connectivity index (χ0n) is 14.8. The maximum atomic E-state index is 12.8. The van der Waals surface area contributed by atoms with Crippen LogP contribution in [-0.2, 0) is 7.05 Å². The van der Waals surface area contributed by atoms with Gasteiger partial charge in [-0.15, -0.1) is 0 Å². The van der Waals surface area contributed by atoms with Crippen molar-refractivity contribution >= 4 is 5.91 Å². The third-order valence-electron chi connectivity index (χ3n) is 4.77. The van der Waals surface area contributed by atoms with Gasteiger partial charge in [0.25, 0.3) is 5.91 Å². The average Bonchev–Trinajstić information content (AvgIpc) is 2.64. The highest BCUT2D eigenvalue weighted by molar-refractivity contribution is 5.94. The maximum absolute atomic E-state index is 12.8. The standard InChI is InChI=1S/C19H23N3O3/c1-20-10-11-22(19(24)15-6-9-18(23)21(2)12-15)13-17(20)14-4-7-16(25-3)8-5-14/h4-9,12,17H,10-11,13H2,1-3H3/t17-/m0/s1. The van der Waals surface area contributed by atoms with Crippen LogP contribution >= 0.6 is 0 Å². The van der Waals surface area contributed by atoms with Crippen LogP contribution in [0, 0.1) is 0 Å². The van der Waals surface area contributed by atoms with Gasteiger partial charge in [0.1, 0.15) is 5.75 Å². The molecule has 0 N–H and O–H groups in total. The van der Waals surface area contributed by atoms with E-state index in [0.29, 0.717) is 18.7 Å². The molecule has 0 aliphatic carbocycles. The molecule has 0 radical (unpaired) electrons. The van der Waals surface area contributed by atoms with Crippen LogP contribution < -0.4 is 10.3 Å². The third-order valence-corrected chi connectivity index (χ3v) is 4.77. The number of pyridine rings is 1. The fraction of sp³-hybridized carbons (Fsp3) is 0.368. The van der Waals surface area contributed by atoms with Crippen LogP contribution in [0.2, 0.25) is 0 Å². The van der Waals surface area contributed by atoms with E-state index in [4.69, 9.17) is 4.74 Å². The summed E-state index contributed by atoms with van der Waals surface area (Å²) in [6.45, 7) is 2.09. The summed E-state index contributed by atoms with van der Waals surface area (Å²) in [5, 5.41) is 0. The number of likely N-dealkylation sites (N-methyl/N-ethyl adjacent to an activating group) is 1. The lowest BCUT2D eigenvalue weighted by Crippen LogP contribution is -2.49. The van der Waals surface area contributed by atoms with Gasteiger partial charge in [-0.05, 0) is 30.8 Å². The van der Waals surface area contributed by atoms with Crippen molar-refractivity contribution < 1.29 is 9.53 Å². The molecule has 1 aliphatic rings. The second kappa shape index (κ2) is 7.11. The quantitative estimate of drug-likeness (QED) is 0.849. The molecule has 25 heavy (non-hydrogen) atoms. The monoisotopic (exact) mass is 341 g/mol. The highest BCUT2D eigenvalue weighted by atomic mass is 16.5. The molecule has 6 heteroatoms. The summed E-state index contributed by atoms with van der Waals surface area (Å²) in [5.74, 6) is 0.780. The SMILES string of the molecule is COc1ccc([C@@H]2CN(C(=O)c3ccc(=O)n(C)c3)CCN2C)cc1. The van der Waals surface area contributed by atoms with Crippen LogP contribution in [0.25, 0.3) is 0 Å². The van der Waals surface area contributed by atoms with Crippen molar-refractivity contribution in [1.82, 2.24) is 14.4 Å². The highest BCUT2D eigenvalue weighted by Crippen LogP contribution is 2.26. The molecule has 6 nitrogen and oxygen atoms in total. The molecule has 3 rings (SSSR count). The van der Waals surface area contributed by atoms with Gasteiger partial charge >= 0.3 is 0 Å². The number of nitrogens with zero attached hydrogens (tertiary/aromatic N) is 3. The summed E-state index contributed by atoms with van der Waals surface area (Å²) in [4.78, 5) is 28.5. The lowest BCUT2D eigenvalue weighted by Gasteiger charge is -2.39. The van der Waals surface area contributed by atoms with Gasteiger partial charge in [-0.3, -0.25) is 14.5 Å². The number of amides is 1. The van der Waals surface area contributed by atoms with E-state index in [-0.39, 0.29) is 17.5 Å². The Bertz CT molecular complexity index is 813. The van der Waals surface area contributed by atoms with E-state index in [1.807, 2.05) is 29.2 Å². The summed E-state index contributed by atoms with van der Waals surface area (Å²) >= 11 is 0. The number of aromatic nitrogens is 1. The van der Waals surface area contributed by atoms with E-state index in [9.17, 15) is 9.59 Å². The van der Waals surface area contributed by atoms with Gasteiger partial charge in [0.15, 0.2) is 0 Å². The predicted octanol–water partition coefficient (Wildman–Crippen LogP) is 1.52. The second-order valence-corrected chi connectivity index (χ2v) is 6.39. The Morgan fingerprint density at radius 2 is 1.80 bits per heavy atom. The van der Waals surface area contributed by atoms with Crippen molar-refractivity contribution in [3.05, 3.63) is 64.1 Å². The zero-order chi connectivity index (χ0) is 18.0. The van der Waals surface area contributed by atoms with Crippen molar-refractivity contribution in [3.63, 3.8) is 0 Å². The van der Waals surface area contributed by atoms with Gasteiger partial charge < -0.3 is 14.2 Å². The Hall–Kier alpha value is -2.60. The maximum Gasteiger partial charge on any atom is 0.255 e. The van der Waals surface area contributed by atoms with Crippen molar-refractivity contribution in [1.29, 1.82) is 0 Å². The topological polar surface area (TPSA) is 54.8 Å². The molecule has 1 fully saturated rings. The highest BCUT2D eigenvalue weighted by Gasteiger charge is 2.29. The number of ether oxygens (including phenoxy) is 1. The van der Waals surface area contributed by atoms with E-state index in [1.54, 1.807) is 26.4 Å². The first-order valence-corrected chi connectivity index (χ1v) is 8.29. The second-order valence-electron chi connectivity index (χ2n) is 6.39. The first-order valence-electron chi connectivity index (χ1n) is 8.29. The number of carbonyl (C=O) groups excluding carboxylic acids is 1. The molecule has 0 bridgehead atoms. The Morgan fingerprint density at radius 1 is 1.08 bits per heavy atom. The van der Waals surface area contributed by atoms with Gasteiger partial charge in [-0.2, -0.15) is 0 Å². The Kier molecular flexibility index (Phi) is 4.90. The normalized spacial score (nSPS) is 18.2. The minimum absolute atomic E-state index is 0.0396. The Labute approximate surface area is 147 Å². The van der Waals surface area contributed by atoms with E-state index < -0.39 is 0 Å². The van der Waals surface area contributed by atoms with Crippen LogP contribution in [-0.4, -0.2) is 54.1 Å². The molecule has 1 aromatic heterocycles. The predicted molar refractivity (Wildman–Crippen MR) is 96.0 cm³/mol. The van der Waals surface area contributed by atoms with Gasteiger partial charge in [0, 0.05) is 38.9 Å². The van der Waals surface area contributed by atoms with Crippen molar-refractivity contribution in [3.8, 4) is 5.75 Å². The molecular formula is C19H23N3O3. The first-order chi connectivity index (χ1) is 12.0. The van der Waals surface area contributed by atoms with Crippen molar-refractivity contribution in [2.75, 3.05) is 33.8 Å². The molecule has 1 amide bonds. The Morgan fingerprint density at radius 3 is 2.44 bits per heavy atom. The molecule has 132 valence electrons. The van der Waals surface area contributed by atoms with Crippen LogP contribution in [0.3, 0.4) is 0 Å². The molecule has 0 spiro atoms. The molecular weight excluding hydrogens is 318 g/mol. The smallest absolute Gasteiger partial charge is 0.255 e. The van der Waals surface area contributed by atoms with E-state index in [0.717, 1.165) is 17.9 Å². The van der Waals surface area contributed by atoms with Crippen LogP contribution in [0.15, 0.2) is 47.4 Å². The third kappa shape index (κ3) is 3.58. The lowest BCUT2D eigenvalue weighted by atomic mass is 10.0. The minimum Gasteiger partial charge on any atom is -0.497 e. The number of aryl methyl sites for hydroxylation is 1. The van der Waals surface area contributed by atoms with E-state index in [2.05, 4.69) is 11.9 Å². The molecule has 2 heterocycles. The number of piperazine rings is 1. The molecule has 1 aliphatic heterocycles. The van der Waals surface area contributed by atoms with E-state index >= 15 is 0 Å². The largest absolute Gasteiger partial charge is 0.497 e. The minimum atomic E-state index is -0.119. The molecule has 2 aromatic rings. The van der Waals surface area contributed by atoms with Gasteiger partial charge in [0.05, 0.1) is 18.7 Å². The zero-order valence-corrected chi connectivity index (χ0v) is 14.8. The fourth-order valence-electron chi connectivity index (χ4n) is 3.15. The first kappa shape index (κ1) is 17.2. The molecule has 1 saturated heterocycles. The summed E-state index contributed by atoms with van der Waals surface area (Å²) in [6, 6.07) is 11.1. The fourth-order valence-corrected chi connectivity index (χ4v) is 3.15. The number of rotatable bonds is 3. The number of carbonyl (C=O) groups is 1. The summed E-state index contributed by atoms with van der Waals surface area (Å²) in [5.41, 5.74) is 1.58. The number of hydrogen-bond acceptors (Lipinski definition) is 4. The number of hydrogen-bond donors (Lipinski definition) is 0. The van der Waals surface area contributed by atoms with Crippen LogP contribution in [0.1, 0.15) is 22.0 Å². The number of benzene rings is 1. The molecule has 1 atom stereocenters. The summed E-state index contributed by atoms with van der Waals surface area (Å²) in [7, 11) is 5.38. The van der Waals surface area contributed by atoms with Crippen LogP contribution in [0.4, 0.5) is 0 Å². The van der Waals surface area contributed by atoms with Gasteiger partial charge in [-0.25, -0.2) is 0 Å². The number of methoxy groups -OCH3 is 1. The van der Waals surface area contributed by atoms with Crippen LogP contribution in [0.5, 0.6) is 5.75 Å². The molecule has 0 saturated carbocycles. The van der Waals surface area contributed by atoms with Gasteiger partial charge in [-0.1, -0.05) is 12.1 Å². The molecule has 0 unspecified atom stereocenters. The lowest BCUT2D eigenvalue weighted by molar-refractivity contribution is 0.0545. The summed E-state index contributed by atoms with van der Waals surface area (Å²) < 4.78 is 6.65. The van der Waals surface area contributed by atoms with Crippen molar-refractivity contribution in [2.24, 2.45) is 7.05 Å². The Balaban J connectivity index is 1.80. The van der Waals surface area contributed by atoms with E-state index in [1.165, 1.54) is 10.6 Å². The van der Waals surface area contributed by atoms with Crippen molar-refractivity contribution in [2.45, 2.75) is 6.04 Å². The average molecular weight is 341 g/mol. The molecule has 1 aromatic carbocycles. The van der Waals surface area contributed by atoms with Gasteiger partial charge in [0.2, 0.25) is 5.56 Å². The summed E-state index contributed by atoms with van der Waals surface area (Å²) in [6.07, 6.45) is 1.60.